The summed E-state index contributed by atoms with van der Waals surface area (Å²) in [7, 11) is 0. The van der Waals surface area contributed by atoms with Crippen LogP contribution in [0, 0.1) is 12.3 Å². The smallest absolute Gasteiger partial charge is 0.248 e. The third-order valence-electron chi connectivity index (χ3n) is 5.36. The number of nitrogens with one attached hydrogen (secondary N) is 1. The molecule has 1 fully saturated rings. The Hall–Kier alpha value is -3.30. The fraction of sp³-hybridized carbons (Fsp3) is 0.467. The first-order chi connectivity index (χ1) is 18.4. The average molecular weight is 559 g/mol. The van der Waals surface area contributed by atoms with Gasteiger partial charge in [0.1, 0.15) is 0 Å². The third kappa shape index (κ3) is 14.4. The summed E-state index contributed by atoms with van der Waals surface area (Å²) in [5.74, 6) is -0.258. The van der Waals surface area contributed by atoms with Crippen LogP contribution in [0.5, 0.6) is 0 Å². The van der Waals surface area contributed by atoms with E-state index in [1.54, 1.807) is 29.2 Å². The Morgan fingerprint density at radius 1 is 1.26 bits per heavy atom. The number of carbonyl (C=O) groups excluding carboxylic acids is 3. The summed E-state index contributed by atoms with van der Waals surface area (Å²) in [4.78, 5) is 39.2. The first-order valence-electron chi connectivity index (χ1n) is 13.1. The van der Waals surface area contributed by atoms with Gasteiger partial charge in [-0.1, -0.05) is 77.6 Å². The van der Waals surface area contributed by atoms with Crippen molar-refractivity contribution in [1.29, 1.82) is 0 Å². The molecule has 4 N–H and O–H groups in total. The molecule has 0 radical (unpaired) electrons. The van der Waals surface area contributed by atoms with Crippen LogP contribution in [0.2, 0.25) is 0 Å². The van der Waals surface area contributed by atoms with Crippen molar-refractivity contribution in [2.75, 3.05) is 13.1 Å². The minimum atomic E-state index is -0.428. The lowest BCUT2D eigenvalue weighted by atomic mass is 9.92. The number of thiazole rings is 1. The molecule has 216 valence electrons. The van der Waals surface area contributed by atoms with Crippen molar-refractivity contribution in [1.82, 2.24) is 15.2 Å². The molecule has 2 heterocycles. The van der Waals surface area contributed by atoms with Crippen LogP contribution in [0.3, 0.4) is 0 Å². The molecule has 0 spiro atoms. The van der Waals surface area contributed by atoms with Gasteiger partial charge in [-0.25, -0.2) is 4.98 Å². The van der Waals surface area contributed by atoms with Gasteiger partial charge in [0.15, 0.2) is 0 Å². The number of nitrogens with two attached hydrogens (primary N) is 1. The van der Waals surface area contributed by atoms with Crippen LogP contribution < -0.4 is 11.1 Å². The van der Waals surface area contributed by atoms with E-state index in [4.69, 9.17) is 5.73 Å². The number of rotatable bonds is 7. The molecule has 3 amide bonds. The number of aliphatic hydroxyl groups excluding tert-OH is 1. The van der Waals surface area contributed by atoms with Gasteiger partial charge in [0.05, 0.1) is 22.2 Å². The Balaban J connectivity index is 0.000000567. The zero-order valence-electron chi connectivity index (χ0n) is 24.5. The molecule has 0 bridgehead atoms. The second kappa shape index (κ2) is 18.9. The molecule has 1 aromatic carbocycles. The molecule has 1 unspecified atom stereocenters. The molecular weight excluding hydrogens is 512 g/mol. The molecule has 39 heavy (non-hydrogen) atoms. The van der Waals surface area contributed by atoms with E-state index >= 15 is 0 Å². The lowest BCUT2D eigenvalue weighted by Gasteiger charge is -2.22. The molecule has 2 aromatic rings. The van der Waals surface area contributed by atoms with Crippen molar-refractivity contribution in [3.05, 3.63) is 65.3 Å². The topological polar surface area (TPSA) is 126 Å². The highest BCUT2D eigenvalue weighted by molar-refractivity contribution is 7.13. The number of hydrogen-bond donors (Lipinski definition) is 3. The van der Waals surface area contributed by atoms with Crippen molar-refractivity contribution >= 4 is 29.6 Å². The number of amides is 3. The summed E-state index contributed by atoms with van der Waals surface area (Å²) in [6.07, 6.45) is 4.76. The monoisotopic (exact) mass is 558 g/mol. The minimum Gasteiger partial charge on any atom is -0.391 e. The molecule has 0 aliphatic carbocycles. The van der Waals surface area contributed by atoms with Gasteiger partial charge in [-0.2, -0.15) is 0 Å². The van der Waals surface area contributed by atoms with Crippen LogP contribution >= 0.6 is 11.3 Å². The summed E-state index contributed by atoms with van der Waals surface area (Å²) < 4.78 is 0. The first kappa shape index (κ1) is 35.7. The Morgan fingerprint density at radius 2 is 1.87 bits per heavy atom. The zero-order chi connectivity index (χ0) is 30.0. The van der Waals surface area contributed by atoms with Gasteiger partial charge < -0.3 is 21.1 Å². The van der Waals surface area contributed by atoms with Gasteiger partial charge in [-0.05, 0) is 36.8 Å². The van der Waals surface area contributed by atoms with Crippen LogP contribution in [0.25, 0.3) is 10.4 Å². The number of likely N-dealkylation sites (tertiary alicyclic amines) is 1. The molecule has 9 heteroatoms. The molecule has 1 saturated heterocycles. The lowest BCUT2D eigenvalue weighted by Crippen LogP contribution is -2.32. The second-order valence-corrected chi connectivity index (χ2v) is 10.6. The van der Waals surface area contributed by atoms with Crippen LogP contribution in [0.1, 0.15) is 65.6 Å². The maximum Gasteiger partial charge on any atom is 0.248 e. The number of primary amides is 1. The average Bonchev–Trinajstić information content (AvgIpc) is 3.53. The quantitative estimate of drug-likeness (QED) is 0.250. The number of β-amino-alcohol motifs (C(OH)–C–C–N with tert-alkyl or cyclic N) is 1. The predicted octanol–water partition coefficient (Wildman–Crippen LogP) is 5.01. The zero-order valence-corrected chi connectivity index (χ0v) is 25.3. The van der Waals surface area contributed by atoms with Gasteiger partial charge in [-0.3, -0.25) is 14.4 Å². The van der Waals surface area contributed by atoms with Crippen molar-refractivity contribution in [3.8, 4) is 10.4 Å². The van der Waals surface area contributed by atoms with Crippen LogP contribution in [-0.4, -0.2) is 52.4 Å². The molecule has 0 saturated carbocycles. The maximum absolute atomic E-state index is 11.6. The highest BCUT2D eigenvalue weighted by Gasteiger charge is 2.27. The molecule has 8 nitrogen and oxygen atoms in total. The predicted molar refractivity (Wildman–Crippen MR) is 161 cm³/mol. The minimum absolute atomic E-state index is 0.0463. The van der Waals surface area contributed by atoms with Crippen molar-refractivity contribution in [2.45, 2.75) is 74.0 Å². The molecule has 3 rings (SSSR count). The Labute approximate surface area is 238 Å². The van der Waals surface area contributed by atoms with Gasteiger partial charge in [0, 0.05) is 31.6 Å². The summed E-state index contributed by atoms with van der Waals surface area (Å²) >= 11 is 1.64. The Morgan fingerprint density at radius 3 is 2.23 bits per heavy atom. The van der Waals surface area contributed by atoms with E-state index in [1.807, 2.05) is 38.4 Å². The Bertz CT molecular complexity index is 1060. The fourth-order valence-electron chi connectivity index (χ4n) is 3.41. The number of carbonyl (C=O) groups is 3. The van der Waals surface area contributed by atoms with E-state index in [-0.39, 0.29) is 17.4 Å². The number of allylic oxidation sites excluding steroid dienone is 1. The highest BCUT2D eigenvalue weighted by Crippen LogP contribution is 2.27. The van der Waals surface area contributed by atoms with Crippen LogP contribution in [-0.2, 0) is 20.9 Å². The molecular formula is C30H46N4O4S. The summed E-state index contributed by atoms with van der Waals surface area (Å²) in [6.45, 7) is 19.1. The number of aromatic nitrogens is 1. The van der Waals surface area contributed by atoms with Crippen molar-refractivity contribution in [2.24, 2.45) is 11.1 Å². The largest absolute Gasteiger partial charge is 0.391 e. The van der Waals surface area contributed by atoms with Crippen molar-refractivity contribution in [3.63, 3.8) is 0 Å². The summed E-state index contributed by atoms with van der Waals surface area (Å²) in [6, 6.07) is 8.15. The van der Waals surface area contributed by atoms with E-state index in [0.29, 0.717) is 31.5 Å². The van der Waals surface area contributed by atoms with E-state index in [2.05, 4.69) is 49.8 Å². The molecule has 1 aromatic heterocycles. The molecule has 1 atom stereocenters. The van der Waals surface area contributed by atoms with E-state index < -0.39 is 5.91 Å². The Kier molecular flexibility index (Phi) is 17.3. The first-order valence-corrected chi connectivity index (χ1v) is 14.0. The second-order valence-electron chi connectivity index (χ2n) is 9.79. The van der Waals surface area contributed by atoms with Gasteiger partial charge in [0.2, 0.25) is 18.2 Å². The van der Waals surface area contributed by atoms with E-state index in [9.17, 15) is 19.5 Å². The summed E-state index contributed by atoms with van der Waals surface area (Å²) in [5, 5.41) is 11.9. The lowest BCUT2D eigenvalue weighted by molar-refractivity contribution is -0.132. The number of nitrogens with zero attached hydrogens (tertiary/aromatic N) is 2. The van der Waals surface area contributed by atoms with Crippen LogP contribution in [0.4, 0.5) is 0 Å². The normalized spacial score (nSPS) is 14.4. The highest BCUT2D eigenvalue weighted by atomic mass is 32.1. The third-order valence-corrected chi connectivity index (χ3v) is 6.34. The van der Waals surface area contributed by atoms with Gasteiger partial charge >= 0.3 is 0 Å². The standard InChI is InChI=1S/C12H12N2OS.C10H19NO2.C6H9NO.C2H6/c1-9-12(16-8-14-9)11-4-2-10(3-5-11)6-13-7-15;1-10(2,3)6-9(13)11-5-4-8(12)7-11;1-3-5(4-2)6(7)8;1-2/h2-5,7-8H,6H2,1H3,(H,13,15);8,12H,4-7H2,1-3H3;3-4H,1H2,2H3,(H2,7,8);1-2H3/b;;5-4+;. The van der Waals surface area contributed by atoms with E-state index in [1.165, 1.54) is 16.5 Å². The van der Waals surface area contributed by atoms with Gasteiger partial charge in [0.25, 0.3) is 0 Å². The fourth-order valence-corrected chi connectivity index (χ4v) is 4.22. The summed E-state index contributed by atoms with van der Waals surface area (Å²) in [5.41, 5.74) is 10.6. The molecule has 1 aliphatic heterocycles. The molecule has 1 aliphatic rings. The SMILES string of the molecule is C=C/C(=C\C)C(N)=O.CC.CC(C)(C)CC(=O)N1CCC(O)C1.Cc1ncsc1-c1ccc(CNC=O)cc1. The number of benzene rings is 1. The number of aryl methyl sites for hydroxylation is 1. The van der Waals surface area contributed by atoms with Crippen LogP contribution in [0.15, 0.2) is 54.1 Å². The number of hydrogen-bond acceptors (Lipinski definition) is 6. The van der Waals surface area contributed by atoms with Crippen molar-refractivity contribution < 1.29 is 19.5 Å². The van der Waals surface area contributed by atoms with Gasteiger partial charge in [-0.15, -0.1) is 11.3 Å². The number of aliphatic hydroxyl groups is 1. The van der Waals surface area contributed by atoms with E-state index in [0.717, 1.165) is 24.2 Å². The maximum atomic E-state index is 11.6.